The zero-order valence-electron chi connectivity index (χ0n) is 11.4. The third kappa shape index (κ3) is 3.01. The fourth-order valence-corrected chi connectivity index (χ4v) is 2.44. The molecule has 2 aromatic carbocycles. The van der Waals surface area contributed by atoms with Crippen molar-refractivity contribution in [3.63, 3.8) is 0 Å². The second-order valence-corrected chi connectivity index (χ2v) is 5.23. The Labute approximate surface area is 128 Å². The van der Waals surface area contributed by atoms with Gasteiger partial charge in [-0.3, -0.25) is 0 Å². The SMILES string of the molecule is NC(=S)c1ccnc(NCc2cccc3ccccc23)c1. The zero-order valence-corrected chi connectivity index (χ0v) is 12.2. The van der Waals surface area contributed by atoms with Crippen LogP contribution in [0.25, 0.3) is 10.8 Å². The summed E-state index contributed by atoms with van der Waals surface area (Å²) in [6.45, 7) is 0.704. The number of pyridine rings is 1. The molecule has 0 atom stereocenters. The standard InChI is InChI=1S/C17H15N3S/c18-17(21)13-8-9-19-16(10-13)20-11-14-6-3-5-12-4-1-2-7-15(12)14/h1-10H,11H2,(H2,18,21)(H,19,20). The fraction of sp³-hybridized carbons (Fsp3) is 0.0588. The van der Waals surface area contributed by atoms with Crippen molar-refractivity contribution < 1.29 is 0 Å². The van der Waals surface area contributed by atoms with E-state index in [1.54, 1.807) is 6.20 Å². The molecule has 0 spiro atoms. The average molecular weight is 293 g/mol. The van der Waals surface area contributed by atoms with E-state index in [4.69, 9.17) is 18.0 Å². The number of anilines is 1. The third-order valence-electron chi connectivity index (χ3n) is 3.38. The lowest BCUT2D eigenvalue weighted by atomic mass is 10.0. The van der Waals surface area contributed by atoms with Crippen molar-refractivity contribution in [2.45, 2.75) is 6.54 Å². The molecule has 0 saturated heterocycles. The number of hydrogen-bond donors (Lipinski definition) is 2. The summed E-state index contributed by atoms with van der Waals surface area (Å²) in [6.07, 6.45) is 1.71. The molecule has 4 heteroatoms. The Morgan fingerprint density at radius 2 is 1.90 bits per heavy atom. The minimum atomic E-state index is 0.380. The van der Waals surface area contributed by atoms with Crippen LogP contribution in [0.2, 0.25) is 0 Å². The molecule has 0 saturated carbocycles. The van der Waals surface area contributed by atoms with Crippen molar-refractivity contribution in [2.75, 3.05) is 5.32 Å². The molecule has 21 heavy (non-hydrogen) atoms. The summed E-state index contributed by atoms with van der Waals surface area (Å²) >= 11 is 4.98. The summed E-state index contributed by atoms with van der Waals surface area (Å²) in [5.74, 6) is 0.772. The van der Waals surface area contributed by atoms with Crippen molar-refractivity contribution in [1.82, 2.24) is 4.98 Å². The van der Waals surface area contributed by atoms with Crippen molar-refractivity contribution in [2.24, 2.45) is 5.73 Å². The highest BCUT2D eigenvalue weighted by atomic mass is 32.1. The molecule has 3 nitrogen and oxygen atoms in total. The summed E-state index contributed by atoms with van der Waals surface area (Å²) in [6, 6.07) is 18.3. The molecule has 0 unspecified atom stereocenters. The van der Waals surface area contributed by atoms with Gasteiger partial charge in [-0.1, -0.05) is 54.7 Å². The van der Waals surface area contributed by atoms with E-state index in [2.05, 4.69) is 46.7 Å². The molecule has 104 valence electrons. The quantitative estimate of drug-likeness (QED) is 0.723. The number of thiocarbonyl (C=S) groups is 1. The van der Waals surface area contributed by atoms with Crippen LogP contribution in [0.1, 0.15) is 11.1 Å². The molecule has 0 bridgehead atoms. The van der Waals surface area contributed by atoms with E-state index in [9.17, 15) is 0 Å². The molecule has 3 N–H and O–H groups in total. The van der Waals surface area contributed by atoms with Gasteiger partial charge in [-0.25, -0.2) is 4.98 Å². The minimum absolute atomic E-state index is 0.380. The molecular formula is C17H15N3S. The number of nitrogens with one attached hydrogen (secondary N) is 1. The number of nitrogens with two attached hydrogens (primary N) is 1. The number of nitrogens with zero attached hydrogens (tertiary/aromatic N) is 1. The first-order chi connectivity index (χ1) is 10.2. The first kappa shape index (κ1) is 13.5. The van der Waals surface area contributed by atoms with Gasteiger partial charge in [0.25, 0.3) is 0 Å². The van der Waals surface area contributed by atoms with Gasteiger partial charge in [0.05, 0.1) is 0 Å². The Balaban J connectivity index is 1.84. The van der Waals surface area contributed by atoms with Crippen LogP contribution in [0, 0.1) is 0 Å². The molecular weight excluding hydrogens is 278 g/mol. The first-order valence-electron chi connectivity index (χ1n) is 6.70. The van der Waals surface area contributed by atoms with Crippen molar-refractivity contribution >= 4 is 33.8 Å². The fourth-order valence-electron chi connectivity index (χ4n) is 2.31. The van der Waals surface area contributed by atoms with E-state index in [0.717, 1.165) is 11.4 Å². The summed E-state index contributed by atoms with van der Waals surface area (Å²) in [5, 5.41) is 5.81. The van der Waals surface area contributed by atoms with Crippen LogP contribution in [-0.2, 0) is 6.54 Å². The molecule has 0 fully saturated rings. The van der Waals surface area contributed by atoms with Crippen LogP contribution in [0.4, 0.5) is 5.82 Å². The van der Waals surface area contributed by atoms with Crippen LogP contribution < -0.4 is 11.1 Å². The average Bonchev–Trinajstić information content (AvgIpc) is 2.53. The Hall–Kier alpha value is -2.46. The van der Waals surface area contributed by atoms with E-state index < -0.39 is 0 Å². The highest BCUT2D eigenvalue weighted by Crippen LogP contribution is 2.19. The minimum Gasteiger partial charge on any atom is -0.389 e. The van der Waals surface area contributed by atoms with Crippen LogP contribution in [0.3, 0.4) is 0 Å². The van der Waals surface area contributed by atoms with Crippen LogP contribution in [0.15, 0.2) is 60.8 Å². The van der Waals surface area contributed by atoms with Gasteiger partial charge in [0, 0.05) is 18.3 Å². The smallest absolute Gasteiger partial charge is 0.126 e. The lowest BCUT2D eigenvalue weighted by molar-refractivity contribution is 1.12. The maximum Gasteiger partial charge on any atom is 0.126 e. The monoisotopic (exact) mass is 293 g/mol. The topological polar surface area (TPSA) is 50.9 Å². The Morgan fingerprint density at radius 3 is 2.76 bits per heavy atom. The highest BCUT2D eigenvalue weighted by Gasteiger charge is 2.02. The van der Waals surface area contributed by atoms with Crippen molar-refractivity contribution in [3.05, 3.63) is 71.9 Å². The number of benzene rings is 2. The van der Waals surface area contributed by atoms with Crippen molar-refractivity contribution in [3.8, 4) is 0 Å². The number of aromatic nitrogens is 1. The van der Waals surface area contributed by atoms with E-state index in [0.29, 0.717) is 11.5 Å². The lowest BCUT2D eigenvalue weighted by Gasteiger charge is -2.09. The summed E-state index contributed by atoms with van der Waals surface area (Å²) in [7, 11) is 0. The molecule has 0 aliphatic rings. The van der Waals surface area contributed by atoms with E-state index in [1.165, 1.54) is 16.3 Å². The van der Waals surface area contributed by atoms with Crippen LogP contribution >= 0.6 is 12.2 Å². The molecule has 0 aliphatic carbocycles. The van der Waals surface area contributed by atoms with Gasteiger partial charge in [0.2, 0.25) is 0 Å². The van der Waals surface area contributed by atoms with Crippen LogP contribution in [0.5, 0.6) is 0 Å². The van der Waals surface area contributed by atoms with E-state index in [-0.39, 0.29) is 0 Å². The normalized spacial score (nSPS) is 10.5. The van der Waals surface area contributed by atoms with Gasteiger partial charge in [-0.15, -0.1) is 0 Å². The van der Waals surface area contributed by atoms with Gasteiger partial charge in [-0.05, 0) is 28.5 Å². The van der Waals surface area contributed by atoms with Gasteiger partial charge in [0.15, 0.2) is 0 Å². The Kier molecular flexibility index (Phi) is 3.79. The maximum atomic E-state index is 5.64. The largest absolute Gasteiger partial charge is 0.389 e. The lowest BCUT2D eigenvalue weighted by Crippen LogP contribution is -2.10. The first-order valence-corrected chi connectivity index (χ1v) is 7.11. The van der Waals surface area contributed by atoms with Gasteiger partial charge in [-0.2, -0.15) is 0 Å². The maximum absolute atomic E-state index is 5.64. The summed E-state index contributed by atoms with van der Waals surface area (Å²) < 4.78 is 0. The van der Waals surface area contributed by atoms with Gasteiger partial charge in [0.1, 0.15) is 10.8 Å². The molecule has 3 aromatic rings. The van der Waals surface area contributed by atoms with Crippen molar-refractivity contribution in [1.29, 1.82) is 0 Å². The molecule has 1 aromatic heterocycles. The van der Waals surface area contributed by atoms with Gasteiger partial charge >= 0.3 is 0 Å². The number of rotatable bonds is 4. The molecule has 0 amide bonds. The molecule has 0 radical (unpaired) electrons. The predicted octanol–water partition coefficient (Wildman–Crippen LogP) is 3.48. The zero-order chi connectivity index (χ0) is 14.7. The second kappa shape index (κ2) is 5.89. The van der Waals surface area contributed by atoms with E-state index in [1.807, 2.05) is 18.2 Å². The van der Waals surface area contributed by atoms with Gasteiger partial charge < -0.3 is 11.1 Å². The highest BCUT2D eigenvalue weighted by molar-refractivity contribution is 7.80. The third-order valence-corrected chi connectivity index (χ3v) is 3.62. The Bertz CT molecular complexity index is 793. The Morgan fingerprint density at radius 1 is 1.10 bits per heavy atom. The van der Waals surface area contributed by atoms with Crippen LogP contribution in [-0.4, -0.2) is 9.97 Å². The number of hydrogen-bond acceptors (Lipinski definition) is 3. The number of fused-ring (bicyclic) bond motifs is 1. The molecule has 0 aliphatic heterocycles. The van der Waals surface area contributed by atoms with E-state index >= 15 is 0 Å². The second-order valence-electron chi connectivity index (χ2n) is 4.79. The molecule has 1 heterocycles. The summed E-state index contributed by atoms with van der Waals surface area (Å²) in [4.78, 5) is 4.67. The molecule has 3 rings (SSSR count). The predicted molar refractivity (Wildman–Crippen MR) is 91.4 cm³/mol. The summed E-state index contributed by atoms with van der Waals surface area (Å²) in [5.41, 5.74) is 7.69.